The number of carboxylic acids is 2. The molecule has 1 aromatic rings. The molecule has 202 valence electrons. The highest BCUT2D eigenvalue weighted by atomic mass is 19.4. The maximum Gasteiger partial charge on any atom is 0.490 e. The molecule has 14 heteroatoms. The van der Waals surface area contributed by atoms with Crippen LogP contribution >= 0.6 is 0 Å². The highest BCUT2D eigenvalue weighted by Crippen LogP contribution is 2.42. The van der Waals surface area contributed by atoms with Gasteiger partial charge in [0, 0.05) is 38.6 Å². The van der Waals surface area contributed by atoms with Crippen LogP contribution in [-0.4, -0.2) is 87.9 Å². The second-order valence-electron chi connectivity index (χ2n) is 9.07. The third kappa shape index (κ3) is 9.28. The number of aliphatic carboxylic acids is 2. The van der Waals surface area contributed by atoms with Gasteiger partial charge < -0.3 is 20.0 Å². The Morgan fingerprint density at radius 2 is 1.44 bits per heavy atom. The van der Waals surface area contributed by atoms with Crippen molar-refractivity contribution in [3.63, 3.8) is 0 Å². The molecular formula is C22H27F6N3O5. The molecule has 1 amide bonds. The third-order valence-electron chi connectivity index (χ3n) is 6.24. The Bertz CT molecular complexity index is 874. The first-order valence-corrected chi connectivity index (χ1v) is 11.1. The number of pyridine rings is 1. The Kier molecular flexibility index (Phi) is 9.69. The summed E-state index contributed by atoms with van der Waals surface area (Å²) in [5.41, 5.74) is 1.21. The average molecular weight is 527 g/mol. The number of hydrogen-bond acceptors (Lipinski definition) is 5. The number of amides is 1. The summed E-state index contributed by atoms with van der Waals surface area (Å²) in [5.74, 6) is -4.38. The third-order valence-corrected chi connectivity index (χ3v) is 6.24. The molecule has 0 atom stereocenters. The molecule has 2 aliphatic heterocycles. The number of rotatable bonds is 3. The number of carbonyl (C=O) groups is 3. The second-order valence-corrected chi connectivity index (χ2v) is 9.07. The van der Waals surface area contributed by atoms with E-state index in [0.29, 0.717) is 5.41 Å². The van der Waals surface area contributed by atoms with Gasteiger partial charge in [-0.25, -0.2) is 9.59 Å². The fourth-order valence-electron chi connectivity index (χ4n) is 4.11. The molecule has 3 aliphatic rings. The number of nitrogens with zero attached hydrogens (tertiary/aromatic N) is 3. The molecule has 1 aromatic heterocycles. The molecule has 2 saturated heterocycles. The zero-order valence-electron chi connectivity index (χ0n) is 19.2. The van der Waals surface area contributed by atoms with E-state index in [4.69, 9.17) is 19.8 Å². The van der Waals surface area contributed by atoms with Gasteiger partial charge in [-0.2, -0.15) is 26.3 Å². The number of halogens is 6. The number of carboxylic acid groups (broad SMARTS) is 2. The second kappa shape index (κ2) is 11.9. The van der Waals surface area contributed by atoms with E-state index >= 15 is 0 Å². The van der Waals surface area contributed by atoms with Crippen molar-refractivity contribution in [2.24, 2.45) is 11.3 Å². The largest absolute Gasteiger partial charge is 0.490 e. The fourth-order valence-corrected chi connectivity index (χ4v) is 4.11. The van der Waals surface area contributed by atoms with Crippen LogP contribution in [0.1, 0.15) is 42.5 Å². The van der Waals surface area contributed by atoms with Gasteiger partial charge in [-0.3, -0.25) is 9.78 Å². The summed E-state index contributed by atoms with van der Waals surface area (Å²) in [4.78, 5) is 39.0. The van der Waals surface area contributed by atoms with E-state index < -0.39 is 24.3 Å². The quantitative estimate of drug-likeness (QED) is 0.577. The molecular weight excluding hydrogens is 500 g/mol. The number of carbonyl (C=O) groups excluding carboxylic acids is 1. The minimum absolute atomic E-state index is 0.149. The lowest BCUT2D eigenvalue weighted by Gasteiger charge is -2.39. The number of aromatic nitrogens is 1. The van der Waals surface area contributed by atoms with Gasteiger partial charge in [-0.05, 0) is 62.1 Å². The number of hydrogen-bond donors (Lipinski definition) is 2. The molecule has 2 N–H and O–H groups in total. The van der Waals surface area contributed by atoms with Gasteiger partial charge in [0.05, 0.1) is 5.56 Å². The molecule has 1 aliphatic carbocycles. The maximum atomic E-state index is 12.5. The highest BCUT2D eigenvalue weighted by Gasteiger charge is 2.42. The lowest BCUT2D eigenvalue weighted by molar-refractivity contribution is -0.193. The Morgan fingerprint density at radius 1 is 0.944 bits per heavy atom. The van der Waals surface area contributed by atoms with Crippen molar-refractivity contribution in [2.75, 3.05) is 32.7 Å². The van der Waals surface area contributed by atoms with Crippen molar-refractivity contribution in [1.82, 2.24) is 14.8 Å². The summed E-state index contributed by atoms with van der Waals surface area (Å²) in [6.07, 6.45) is -0.225. The van der Waals surface area contributed by atoms with Gasteiger partial charge in [-0.1, -0.05) is 0 Å². The summed E-state index contributed by atoms with van der Waals surface area (Å²) >= 11 is 0. The van der Waals surface area contributed by atoms with Crippen LogP contribution in [0, 0.1) is 11.3 Å². The van der Waals surface area contributed by atoms with Crippen LogP contribution in [0.4, 0.5) is 26.3 Å². The zero-order valence-corrected chi connectivity index (χ0v) is 19.2. The van der Waals surface area contributed by atoms with Crippen LogP contribution in [0.25, 0.3) is 0 Å². The van der Waals surface area contributed by atoms with Crippen molar-refractivity contribution in [1.29, 1.82) is 0 Å². The van der Waals surface area contributed by atoms with Gasteiger partial charge in [0.25, 0.3) is 5.91 Å². The molecule has 8 nitrogen and oxygen atoms in total. The summed E-state index contributed by atoms with van der Waals surface area (Å²) in [6.45, 7) is 5.67. The van der Waals surface area contributed by atoms with E-state index in [1.807, 2.05) is 17.0 Å². The normalized spacial score (nSPS) is 19.6. The lowest BCUT2D eigenvalue weighted by Crippen LogP contribution is -2.44. The summed E-state index contributed by atoms with van der Waals surface area (Å²) in [7, 11) is 0. The molecule has 1 spiro atoms. The van der Waals surface area contributed by atoms with Crippen molar-refractivity contribution >= 4 is 17.8 Å². The predicted octanol–water partition coefficient (Wildman–Crippen LogP) is 3.69. The monoisotopic (exact) mass is 527 g/mol. The van der Waals surface area contributed by atoms with E-state index in [-0.39, 0.29) is 5.91 Å². The van der Waals surface area contributed by atoms with Gasteiger partial charge in [0.2, 0.25) is 0 Å². The smallest absolute Gasteiger partial charge is 0.475 e. The molecule has 36 heavy (non-hydrogen) atoms. The van der Waals surface area contributed by atoms with Crippen LogP contribution in [0.5, 0.6) is 0 Å². The zero-order chi connectivity index (χ0) is 27.1. The van der Waals surface area contributed by atoms with Crippen LogP contribution < -0.4 is 0 Å². The van der Waals surface area contributed by atoms with Crippen LogP contribution in [0.15, 0.2) is 24.5 Å². The molecule has 0 unspecified atom stereocenters. The van der Waals surface area contributed by atoms with Crippen molar-refractivity contribution in [3.05, 3.63) is 30.1 Å². The Balaban J connectivity index is 0.000000271. The SMILES string of the molecule is O=C(O)C(F)(F)F.O=C(O)C(F)(F)F.O=C(c1cccnc1)N1CCC2(CCN(CC3CC3)C2)CC1. The van der Waals surface area contributed by atoms with Gasteiger partial charge in [-0.15, -0.1) is 0 Å². The summed E-state index contributed by atoms with van der Waals surface area (Å²) in [6, 6.07) is 3.71. The Morgan fingerprint density at radius 3 is 1.86 bits per heavy atom. The minimum Gasteiger partial charge on any atom is -0.475 e. The van der Waals surface area contributed by atoms with Gasteiger partial charge >= 0.3 is 24.3 Å². The number of likely N-dealkylation sites (tertiary alicyclic amines) is 2. The van der Waals surface area contributed by atoms with E-state index in [0.717, 1.165) is 24.6 Å². The first-order chi connectivity index (χ1) is 16.6. The number of alkyl halides is 6. The molecule has 3 fully saturated rings. The van der Waals surface area contributed by atoms with Gasteiger partial charge in [0.15, 0.2) is 0 Å². The van der Waals surface area contributed by atoms with E-state index in [2.05, 4.69) is 9.88 Å². The lowest BCUT2D eigenvalue weighted by atomic mass is 9.77. The van der Waals surface area contributed by atoms with Crippen LogP contribution in [0.3, 0.4) is 0 Å². The standard InChI is InChI=1S/C18H25N3O.2C2HF3O2/c22-17(16-2-1-8-19-12-16)21-10-6-18(7-11-21)5-9-20(14-18)13-15-3-4-15;2*3-2(4,5)1(6)7/h1-2,8,12,15H,3-7,9-11,13-14H2;2*(H,6,7). The molecule has 4 rings (SSSR count). The molecule has 1 saturated carbocycles. The van der Waals surface area contributed by atoms with Crippen molar-refractivity contribution in [3.8, 4) is 0 Å². The molecule has 0 bridgehead atoms. The average Bonchev–Trinajstić information content (AvgIpc) is 3.54. The minimum atomic E-state index is -5.08. The Labute approximate surface area is 202 Å². The first-order valence-electron chi connectivity index (χ1n) is 11.1. The first kappa shape index (κ1) is 29.3. The van der Waals surface area contributed by atoms with Gasteiger partial charge in [0.1, 0.15) is 0 Å². The topological polar surface area (TPSA) is 111 Å². The molecule has 0 aromatic carbocycles. The van der Waals surface area contributed by atoms with E-state index in [1.165, 1.54) is 51.7 Å². The van der Waals surface area contributed by atoms with E-state index in [9.17, 15) is 31.1 Å². The molecule has 3 heterocycles. The van der Waals surface area contributed by atoms with Crippen molar-refractivity contribution < 1.29 is 50.9 Å². The van der Waals surface area contributed by atoms with Crippen molar-refractivity contribution in [2.45, 2.75) is 44.5 Å². The Hall–Kier alpha value is -2.90. The summed E-state index contributed by atoms with van der Waals surface area (Å²) in [5, 5.41) is 14.2. The summed E-state index contributed by atoms with van der Waals surface area (Å²) < 4.78 is 63.5. The molecule has 0 radical (unpaired) electrons. The van der Waals surface area contributed by atoms with Crippen LogP contribution in [0.2, 0.25) is 0 Å². The fraction of sp³-hybridized carbons (Fsp3) is 0.636. The highest BCUT2D eigenvalue weighted by molar-refractivity contribution is 5.93. The predicted molar refractivity (Wildman–Crippen MR) is 113 cm³/mol. The van der Waals surface area contributed by atoms with Crippen LogP contribution in [-0.2, 0) is 9.59 Å². The number of piperidine rings is 1. The maximum absolute atomic E-state index is 12.5. The van der Waals surface area contributed by atoms with E-state index in [1.54, 1.807) is 12.4 Å².